The van der Waals surface area contributed by atoms with Gasteiger partial charge >= 0.3 is 0 Å². The molecule has 1 aliphatic rings. The molecule has 1 aliphatic heterocycles. The van der Waals surface area contributed by atoms with Crippen molar-refractivity contribution in [3.8, 4) is 11.8 Å². The van der Waals surface area contributed by atoms with E-state index in [1.165, 1.54) is 0 Å². The number of pyridine rings is 1. The zero-order valence-corrected chi connectivity index (χ0v) is 11.6. The molecule has 1 aromatic heterocycles. The Bertz CT molecular complexity index is 522. The summed E-state index contributed by atoms with van der Waals surface area (Å²) in [6.45, 7) is 3.70. The number of carbonyl (C=O) groups excluding carboxylic acids is 1. The molecule has 106 valence electrons. The molecule has 2 rings (SSSR count). The van der Waals surface area contributed by atoms with Crippen molar-refractivity contribution in [1.82, 2.24) is 10.3 Å². The van der Waals surface area contributed by atoms with Gasteiger partial charge in [0.2, 0.25) is 0 Å². The summed E-state index contributed by atoms with van der Waals surface area (Å²) < 4.78 is 5.31. The van der Waals surface area contributed by atoms with Gasteiger partial charge in [-0.15, -0.1) is 0 Å². The number of aromatic nitrogens is 1. The predicted molar refractivity (Wildman–Crippen MR) is 76.1 cm³/mol. The Kier molecular flexibility index (Phi) is 4.72. The molecule has 1 aromatic rings. The number of nitrogens with two attached hydrogens (primary N) is 1. The Hall–Kier alpha value is -1.90. The summed E-state index contributed by atoms with van der Waals surface area (Å²) >= 11 is 0. The van der Waals surface area contributed by atoms with Gasteiger partial charge in [0.15, 0.2) is 0 Å². The quantitative estimate of drug-likeness (QED) is 0.777. The van der Waals surface area contributed by atoms with E-state index in [-0.39, 0.29) is 11.4 Å². The Morgan fingerprint density at radius 1 is 1.50 bits per heavy atom. The van der Waals surface area contributed by atoms with Crippen molar-refractivity contribution in [2.45, 2.75) is 25.3 Å². The molecule has 0 unspecified atom stereocenters. The third-order valence-corrected chi connectivity index (χ3v) is 3.34. The van der Waals surface area contributed by atoms with Gasteiger partial charge in [0, 0.05) is 30.5 Å². The van der Waals surface area contributed by atoms with Crippen LogP contribution >= 0.6 is 0 Å². The van der Waals surface area contributed by atoms with E-state index < -0.39 is 0 Å². The summed E-state index contributed by atoms with van der Waals surface area (Å²) in [6, 6.07) is 3.45. The second kappa shape index (κ2) is 6.51. The first-order chi connectivity index (χ1) is 9.63. The van der Waals surface area contributed by atoms with Crippen LogP contribution in [0.15, 0.2) is 18.3 Å². The molecule has 1 saturated heterocycles. The molecule has 1 fully saturated rings. The van der Waals surface area contributed by atoms with E-state index in [4.69, 9.17) is 10.5 Å². The van der Waals surface area contributed by atoms with Crippen molar-refractivity contribution in [3.63, 3.8) is 0 Å². The molecule has 20 heavy (non-hydrogen) atoms. The van der Waals surface area contributed by atoms with Gasteiger partial charge in [0.1, 0.15) is 5.69 Å². The van der Waals surface area contributed by atoms with Crippen LogP contribution in [0, 0.1) is 11.8 Å². The Balaban J connectivity index is 2.02. The average molecular weight is 273 g/mol. The van der Waals surface area contributed by atoms with Crippen LogP contribution in [0.4, 0.5) is 0 Å². The number of nitrogens with zero attached hydrogens (tertiary/aromatic N) is 1. The summed E-state index contributed by atoms with van der Waals surface area (Å²) in [6.07, 6.45) is 3.22. The zero-order valence-electron chi connectivity index (χ0n) is 11.6. The number of rotatable bonds is 2. The largest absolute Gasteiger partial charge is 0.381 e. The lowest BCUT2D eigenvalue weighted by atomic mass is 9.92. The summed E-state index contributed by atoms with van der Waals surface area (Å²) in [7, 11) is 0. The smallest absolute Gasteiger partial charge is 0.270 e. The molecule has 0 atom stereocenters. The SMILES string of the molecule is CC1(NC(=O)c2ccc(C#CCN)cn2)CCOCC1. The standard InChI is InChI=1S/C15H19N3O2/c1-15(6-9-20-10-7-15)18-14(19)13-5-4-12(11-17-13)3-2-8-16/h4-5,11H,6-10,16H2,1H3,(H,18,19). The van der Waals surface area contributed by atoms with Gasteiger partial charge in [0.25, 0.3) is 5.91 Å². The predicted octanol–water partition coefficient (Wildman–Crippen LogP) is 0.691. The number of nitrogens with one attached hydrogen (secondary N) is 1. The number of hydrogen-bond donors (Lipinski definition) is 2. The lowest BCUT2D eigenvalue weighted by Crippen LogP contribution is -2.49. The van der Waals surface area contributed by atoms with Gasteiger partial charge in [0.05, 0.1) is 6.54 Å². The van der Waals surface area contributed by atoms with E-state index in [1.54, 1.807) is 18.3 Å². The first kappa shape index (κ1) is 14.5. The van der Waals surface area contributed by atoms with Crippen LogP contribution in [0.25, 0.3) is 0 Å². The first-order valence-corrected chi connectivity index (χ1v) is 6.68. The average Bonchev–Trinajstić information content (AvgIpc) is 2.46. The highest BCUT2D eigenvalue weighted by atomic mass is 16.5. The van der Waals surface area contributed by atoms with Crippen LogP contribution in [0.2, 0.25) is 0 Å². The van der Waals surface area contributed by atoms with Crippen LogP contribution in [0.3, 0.4) is 0 Å². The zero-order chi connectivity index (χ0) is 14.4. The fraction of sp³-hybridized carbons (Fsp3) is 0.467. The monoisotopic (exact) mass is 273 g/mol. The van der Waals surface area contributed by atoms with Crippen LogP contribution in [0.1, 0.15) is 35.8 Å². The van der Waals surface area contributed by atoms with Gasteiger partial charge < -0.3 is 15.8 Å². The second-order valence-electron chi connectivity index (χ2n) is 5.07. The highest BCUT2D eigenvalue weighted by Gasteiger charge is 2.29. The van der Waals surface area contributed by atoms with E-state index in [9.17, 15) is 4.79 Å². The van der Waals surface area contributed by atoms with Crippen molar-refractivity contribution in [2.75, 3.05) is 19.8 Å². The summed E-state index contributed by atoms with van der Waals surface area (Å²) in [5.74, 6) is 5.46. The molecule has 0 spiro atoms. The van der Waals surface area contributed by atoms with Gasteiger partial charge in [-0.3, -0.25) is 4.79 Å². The Labute approximate surface area is 118 Å². The molecule has 0 aliphatic carbocycles. The van der Waals surface area contributed by atoms with E-state index in [0.29, 0.717) is 25.5 Å². The number of hydrogen-bond acceptors (Lipinski definition) is 4. The van der Waals surface area contributed by atoms with Crippen molar-refractivity contribution in [2.24, 2.45) is 5.73 Å². The lowest BCUT2D eigenvalue weighted by Gasteiger charge is -2.34. The molecule has 0 bridgehead atoms. The van der Waals surface area contributed by atoms with Crippen molar-refractivity contribution < 1.29 is 9.53 Å². The van der Waals surface area contributed by atoms with Crippen molar-refractivity contribution >= 4 is 5.91 Å². The minimum Gasteiger partial charge on any atom is -0.381 e. The van der Waals surface area contributed by atoms with Crippen LogP contribution in [-0.2, 0) is 4.74 Å². The maximum Gasteiger partial charge on any atom is 0.270 e. The molecule has 3 N–H and O–H groups in total. The Morgan fingerprint density at radius 2 is 2.25 bits per heavy atom. The molecule has 0 saturated carbocycles. The van der Waals surface area contributed by atoms with Crippen molar-refractivity contribution in [1.29, 1.82) is 0 Å². The third kappa shape index (κ3) is 3.80. The van der Waals surface area contributed by atoms with E-state index >= 15 is 0 Å². The van der Waals surface area contributed by atoms with E-state index in [0.717, 1.165) is 18.4 Å². The normalized spacial score (nSPS) is 16.9. The summed E-state index contributed by atoms with van der Waals surface area (Å²) in [5.41, 5.74) is 6.24. The lowest BCUT2D eigenvalue weighted by molar-refractivity contribution is 0.0421. The maximum absolute atomic E-state index is 12.2. The second-order valence-corrected chi connectivity index (χ2v) is 5.07. The van der Waals surface area contributed by atoms with Gasteiger partial charge in [-0.1, -0.05) is 11.8 Å². The van der Waals surface area contributed by atoms with Crippen LogP contribution < -0.4 is 11.1 Å². The van der Waals surface area contributed by atoms with Crippen LogP contribution in [-0.4, -0.2) is 36.2 Å². The molecule has 5 nitrogen and oxygen atoms in total. The highest BCUT2D eigenvalue weighted by molar-refractivity contribution is 5.92. The molecule has 0 aromatic carbocycles. The first-order valence-electron chi connectivity index (χ1n) is 6.68. The molecule has 1 amide bonds. The molecular formula is C15H19N3O2. The topological polar surface area (TPSA) is 77.2 Å². The fourth-order valence-corrected chi connectivity index (χ4v) is 2.04. The summed E-state index contributed by atoms with van der Waals surface area (Å²) in [4.78, 5) is 16.3. The third-order valence-electron chi connectivity index (χ3n) is 3.34. The van der Waals surface area contributed by atoms with Gasteiger partial charge in [-0.05, 0) is 31.9 Å². The number of carbonyl (C=O) groups is 1. The highest BCUT2D eigenvalue weighted by Crippen LogP contribution is 2.20. The molecule has 0 radical (unpaired) electrons. The number of ether oxygens (including phenoxy) is 1. The maximum atomic E-state index is 12.2. The molecule has 5 heteroatoms. The fourth-order valence-electron chi connectivity index (χ4n) is 2.04. The number of amides is 1. The van der Waals surface area contributed by atoms with Crippen LogP contribution in [0.5, 0.6) is 0 Å². The van der Waals surface area contributed by atoms with E-state index in [2.05, 4.69) is 22.1 Å². The summed E-state index contributed by atoms with van der Waals surface area (Å²) in [5, 5.41) is 3.04. The minimum atomic E-state index is -0.213. The minimum absolute atomic E-state index is 0.160. The molecule has 2 heterocycles. The van der Waals surface area contributed by atoms with Gasteiger partial charge in [-0.25, -0.2) is 4.98 Å². The Morgan fingerprint density at radius 3 is 2.85 bits per heavy atom. The van der Waals surface area contributed by atoms with Crippen molar-refractivity contribution in [3.05, 3.63) is 29.6 Å². The van der Waals surface area contributed by atoms with Gasteiger partial charge in [-0.2, -0.15) is 0 Å². The molecular weight excluding hydrogens is 254 g/mol. The van der Waals surface area contributed by atoms with E-state index in [1.807, 2.05) is 6.92 Å².